The van der Waals surface area contributed by atoms with Gasteiger partial charge in [0, 0.05) is 37.9 Å². The van der Waals surface area contributed by atoms with Crippen molar-refractivity contribution in [1.82, 2.24) is 15.5 Å². The molecule has 1 saturated heterocycles. The standard InChI is InChI=1S/C15H25N3O4/c1-9-12(10(2)18-17-9)5-14(19)16-6-11-7-22-8-13(20-3)15(11)21-4/h11,13,15H,5-8H2,1-4H3,(H,16,19)(H,17,18)/t11-,13-,15+/m1/s1. The Morgan fingerprint density at radius 1 is 1.36 bits per heavy atom. The number of aromatic nitrogens is 2. The van der Waals surface area contributed by atoms with Gasteiger partial charge >= 0.3 is 0 Å². The van der Waals surface area contributed by atoms with Crippen LogP contribution in [0.1, 0.15) is 17.0 Å². The van der Waals surface area contributed by atoms with E-state index in [2.05, 4.69) is 15.5 Å². The van der Waals surface area contributed by atoms with Crippen molar-refractivity contribution in [3.8, 4) is 0 Å². The molecule has 1 aromatic heterocycles. The largest absolute Gasteiger partial charge is 0.378 e. The molecule has 0 bridgehead atoms. The van der Waals surface area contributed by atoms with Gasteiger partial charge in [0.1, 0.15) is 6.10 Å². The Labute approximate surface area is 130 Å². The fourth-order valence-corrected chi connectivity index (χ4v) is 2.85. The Morgan fingerprint density at radius 2 is 2.14 bits per heavy atom. The summed E-state index contributed by atoms with van der Waals surface area (Å²) in [6.07, 6.45) is 0.156. The third-order valence-corrected chi connectivity index (χ3v) is 4.20. The highest BCUT2D eigenvalue weighted by atomic mass is 16.6. The number of H-pyrrole nitrogens is 1. The number of methoxy groups -OCH3 is 2. The van der Waals surface area contributed by atoms with Crippen LogP contribution in [0.4, 0.5) is 0 Å². The summed E-state index contributed by atoms with van der Waals surface area (Å²) >= 11 is 0. The van der Waals surface area contributed by atoms with Gasteiger partial charge in [-0.05, 0) is 13.8 Å². The van der Waals surface area contributed by atoms with Crippen molar-refractivity contribution in [3.05, 3.63) is 17.0 Å². The molecular weight excluding hydrogens is 286 g/mol. The minimum absolute atomic E-state index is 0.0259. The third kappa shape index (κ3) is 3.85. The molecule has 7 heteroatoms. The lowest BCUT2D eigenvalue weighted by Crippen LogP contribution is -2.50. The molecule has 7 nitrogen and oxygen atoms in total. The topological polar surface area (TPSA) is 85.5 Å². The number of nitrogens with one attached hydrogen (secondary N) is 2. The molecule has 22 heavy (non-hydrogen) atoms. The van der Waals surface area contributed by atoms with Gasteiger partial charge < -0.3 is 19.5 Å². The van der Waals surface area contributed by atoms with E-state index in [0.717, 1.165) is 17.0 Å². The Hall–Kier alpha value is -1.44. The number of ether oxygens (including phenoxy) is 3. The molecule has 0 spiro atoms. The lowest BCUT2D eigenvalue weighted by atomic mass is 9.96. The number of aryl methyl sites for hydroxylation is 2. The van der Waals surface area contributed by atoms with Gasteiger partial charge in [-0.25, -0.2) is 0 Å². The second-order valence-electron chi connectivity index (χ2n) is 5.67. The average Bonchev–Trinajstić information content (AvgIpc) is 2.84. The lowest BCUT2D eigenvalue weighted by molar-refractivity contribution is -0.147. The lowest BCUT2D eigenvalue weighted by Gasteiger charge is -2.36. The van der Waals surface area contributed by atoms with E-state index in [1.54, 1.807) is 14.2 Å². The van der Waals surface area contributed by atoms with Gasteiger partial charge in [0.2, 0.25) is 5.91 Å². The molecule has 2 heterocycles. The first kappa shape index (κ1) is 16.9. The van der Waals surface area contributed by atoms with Crippen LogP contribution in [0.2, 0.25) is 0 Å². The molecule has 0 aliphatic carbocycles. The van der Waals surface area contributed by atoms with E-state index in [1.807, 2.05) is 13.8 Å². The van der Waals surface area contributed by atoms with Crippen LogP contribution in [-0.4, -0.2) is 62.3 Å². The van der Waals surface area contributed by atoms with E-state index in [4.69, 9.17) is 14.2 Å². The Morgan fingerprint density at radius 3 is 2.73 bits per heavy atom. The molecule has 2 N–H and O–H groups in total. The van der Waals surface area contributed by atoms with Crippen molar-refractivity contribution in [3.63, 3.8) is 0 Å². The van der Waals surface area contributed by atoms with Crippen LogP contribution in [0.15, 0.2) is 0 Å². The molecule has 0 unspecified atom stereocenters. The van der Waals surface area contributed by atoms with Gasteiger partial charge in [-0.1, -0.05) is 0 Å². The summed E-state index contributed by atoms with van der Waals surface area (Å²) in [4.78, 5) is 12.1. The van der Waals surface area contributed by atoms with Crippen LogP contribution < -0.4 is 5.32 Å². The predicted molar refractivity (Wildman–Crippen MR) is 80.7 cm³/mol. The number of hydrogen-bond donors (Lipinski definition) is 2. The maximum absolute atomic E-state index is 12.1. The number of amides is 1. The van der Waals surface area contributed by atoms with E-state index >= 15 is 0 Å². The highest BCUT2D eigenvalue weighted by molar-refractivity contribution is 5.79. The van der Waals surface area contributed by atoms with E-state index in [-0.39, 0.29) is 24.0 Å². The molecule has 1 aliphatic heterocycles. The minimum atomic E-state index is -0.0981. The van der Waals surface area contributed by atoms with Gasteiger partial charge in [-0.3, -0.25) is 9.89 Å². The summed E-state index contributed by atoms with van der Waals surface area (Å²) in [5, 5.41) is 9.95. The maximum Gasteiger partial charge on any atom is 0.224 e. The van der Waals surface area contributed by atoms with E-state index < -0.39 is 0 Å². The van der Waals surface area contributed by atoms with Crippen LogP contribution in [0.25, 0.3) is 0 Å². The number of aromatic amines is 1. The summed E-state index contributed by atoms with van der Waals surface area (Å²) in [6, 6.07) is 0. The third-order valence-electron chi connectivity index (χ3n) is 4.20. The smallest absolute Gasteiger partial charge is 0.224 e. The normalized spacial score (nSPS) is 25.2. The summed E-state index contributed by atoms with van der Waals surface area (Å²) in [5.74, 6) is 0.0567. The molecule has 1 aliphatic rings. The molecule has 0 aromatic carbocycles. The summed E-state index contributed by atoms with van der Waals surface area (Å²) in [7, 11) is 3.31. The maximum atomic E-state index is 12.1. The average molecular weight is 311 g/mol. The van der Waals surface area contributed by atoms with E-state index in [0.29, 0.717) is 26.2 Å². The fourth-order valence-electron chi connectivity index (χ4n) is 2.85. The van der Waals surface area contributed by atoms with Crippen molar-refractivity contribution < 1.29 is 19.0 Å². The van der Waals surface area contributed by atoms with E-state index in [9.17, 15) is 4.79 Å². The van der Waals surface area contributed by atoms with Crippen LogP contribution in [0.5, 0.6) is 0 Å². The summed E-state index contributed by atoms with van der Waals surface area (Å²) < 4.78 is 16.4. The number of carbonyl (C=O) groups is 1. The van der Waals surface area contributed by atoms with Crippen LogP contribution in [0.3, 0.4) is 0 Å². The SMILES string of the molecule is CO[C@H]1[C@H](CNC(=O)Cc2c(C)n[nH]c2C)COC[C@H]1OC. The summed E-state index contributed by atoms with van der Waals surface area (Å²) in [6.45, 7) is 5.40. The van der Waals surface area contributed by atoms with E-state index in [1.165, 1.54) is 0 Å². The highest BCUT2D eigenvalue weighted by Gasteiger charge is 2.34. The number of nitrogens with zero attached hydrogens (tertiary/aromatic N) is 1. The molecule has 1 aromatic rings. The Bertz CT molecular complexity index is 483. The first-order valence-electron chi connectivity index (χ1n) is 7.47. The van der Waals surface area contributed by atoms with Crippen molar-refractivity contribution in [2.75, 3.05) is 34.0 Å². The van der Waals surface area contributed by atoms with Gasteiger partial charge in [-0.15, -0.1) is 0 Å². The zero-order chi connectivity index (χ0) is 16.1. The summed E-state index contributed by atoms with van der Waals surface area (Å²) in [5.41, 5.74) is 2.75. The molecule has 1 fully saturated rings. The van der Waals surface area contributed by atoms with Gasteiger partial charge in [0.25, 0.3) is 0 Å². The molecular formula is C15H25N3O4. The van der Waals surface area contributed by atoms with Crippen LogP contribution in [-0.2, 0) is 25.4 Å². The highest BCUT2D eigenvalue weighted by Crippen LogP contribution is 2.20. The minimum Gasteiger partial charge on any atom is -0.378 e. The van der Waals surface area contributed by atoms with Crippen molar-refractivity contribution in [1.29, 1.82) is 0 Å². The molecule has 0 radical (unpaired) electrons. The first-order valence-corrected chi connectivity index (χ1v) is 7.47. The van der Waals surface area contributed by atoms with Crippen molar-refractivity contribution in [2.45, 2.75) is 32.5 Å². The second kappa shape index (κ2) is 7.71. The molecule has 0 saturated carbocycles. The number of rotatable bonds is 6. The molecule has 1 amide bonds. The first-order chi connectivity index (χ1) is 10.6. The Kier molecular flexibility index (Phi) is 5.93. The molecule has 124 valence electrons. The van der Waals surface area contributed by atoms with Crippen LogP contribution in [0, 0.1) is 19.8 Å². The molecule has 2 rings (SSSR count). The van der Waals surface area contributed by atoms with Crippen molar-refractivity contribution in [2.24, 2.45) is 5.92 Å². The second-order valence-corrected chi connectivity index (χ2v) is 5.67. The zero-order valence-electron chi connectivity index (χ0n) is 13.6. The Balaban J connectivity index is 1.87. The van der Waals surface area contributed by atoms with Crippen molar-refractivity contribution >= 4 is 5.91 Å². The zero-order valence-corrected chi connectivity index (χ0v) is 13.6. The predicted octanol–water partition coefficient (Wildman–Crippen LogP) is 0.362. The quantitative estimate of drug-likeness (QED) is 0.792. The fraction of sp³-hybridized carbons (Fsp3) is 0.733. The molecule has 3 atom stereocenters. The van der Waals surface area contributed by atoms with Gasteiger partial charge in [0.05, 0.1) is 31.4 Å². The van der Waals surface area contributed by atoms with Crippen LogP contribution >= 0.6 is 0 Å². The monoisotopic (exact) mass is 311 g/mol. The van der Waals surface area contributed by atoms with Gasteiger partial charge in [-0.2, -0.15) is 5.10 Å². The van der Waals surface area contributed by atoms with Gasteiger partial charge in [0.15, 0.2) is 0 Å². The number of hydrogen-bond acceptors (Lipinski definition) is 5. The number of carbonyl (C=O) groups excluding carboxylic acids is 1.